The van der Waals surface area contributed by atoms with E-state index >= 15 is 0 Å². The van der Waals surface area contributed by atoms with Gasteiger partial charge < -0.3 is 5.11 Å². The van der Waals surface area contributed by atoms with Gasteiger partial charge in [-0.15, -0.1) is 0 Å². The van der Waals surface area contributed by atoms with Gasteiger partial charge in [0.15, 0.2) is 0 Å². The lowest BCUT2D eigenvalue weighted by molar-refractivity contribution is 0.425. The molecule has 1 aromatic rings. The summed E-state index contributed by atoms with van der Waals surface area (Å²) in [6, 6.07) is 1.81. The first-order valence-corrected chi connectivity index (χ1v) is 7.57. The zero-order chi connectivity index (χ0) is 14.0. The molecule has 1 atom stereocenters. The summed E-state index contributed by atoms with van der Waals surface area (Å²) in [6.45, 7) is 6.07. The van der Waals surface area contributed by atoms with E-state index in [1.807, 2.05) is 19.9 Å². The van der Waals surface area contributed by atoms with Crippen LogP contribution >= 0.6 is 0 Å². The molecule has 0 fully saturated rings. The van der Waals surface area contributed by atoms with Gasteiger partial charge in [0.25, 0.3) is 0 Å². The van der Waals surface area contributed by atoms with Gasteiger partial charge in [0, 0.05) is 5.56 Å². The number of phenols is 1. The van der Waals surface area contributed by atoms with E-state index in [4.69, 9.17) is 0 Å². The van der Waals surface area contributed by atoms with Crippen LogP contribution in [0.3, 0.4) is 0 Å². The van der Waals surface area contributed by atoms with Gasteiger partial charge in [-0.2, -0.15) is 0 Å². The van der Waals surface area contributed by atoms with Crippen LogP contribution in [0.2, 0.25) is 0 Å². The van der Waals surface area contributed by atoms with Gasteiger partial charge in [0.05, 0.1) is 0 Å². The van der Waals surface area contributed by atoms with Gasteiger partial charge in [-0.05, 0) is 54.7 Å². The van der Waals surface area contributed by atoms with E-state index in [2.05, 4.69) is 6.92 Å². The van der Waals surface area contributed by atoms with Crippen molar-refractivity contribution in [1.82, 2.24) is 0 Å². The molecule has 19 heavy (non-hydrogen) atoms. The summed E-state index contributed by atoms with van der Waals surface area (Å²) in [6.07, 6.45) is 6.38. The topological polar surface area (TPSA) is 20.2 Å². The van der Waals surface area contributed by atoms with Gasteiger partial charge in [0.1, 0.15) is 11.6 Å². The highest BCUT2D eigenvalue weighted by Gasteiger charge is 2.23. The van der Waals surface area contributed by atoms with Crippen LogP contribution in [0.15, 0.2) is 6.07 Å². The molecule has 0 saturated heterocycles. The zero-order valence-corrected chi connectivity index (χ0v) is 12.3. The van der Waals surface area contributed by atoms with Crippen molar-refractivity contribution in [2.45, 2.75) is 65.2 Å². The number of benzene rings is 1. The molecule has 0 aliphatic heterocycles. The maximum absolute atomic E-state index is 14.6. The fourth-order valence-electron chi connectivity index (χ4n) is 3.34. The van der Waals surface area contributed by atoms with E-state index in [1.165, 1.54) is 12.8 Å². The summed E-state index contributed by atoms with van der Waals surface area (Å²) in [4.78, 5) is 0. The minimum absolute atomic E-state index is 0.0278. The van der Waals surface area contributed by atoms with Gasteiger partial charge in [0.2, 0.25) is 0 Å². The summed E-state index contributed by atoms with van der Waals surface area (Å²) in [7, 11) is 0. The number of phenolic OH excluding ortho intramolecular Hbond substituents is 1. The molecule has 1 nitrogen and oxygen atoms in total. The molecule has 1 aliphatic carbocycles. The number of aryl methyl sites for hydroxylation is 1. The van der Waals surface area contributed by atoms with Crippen molar-refractivity contribution >= 4 is 0 Å². The molecule has 0 spiro atoms. The maximum atomic E-state index is 14.6. The number of hydrogen-bond acceptors (Lipinski definition) is 1. The molecule has 2 rings (SSSR count). The van der Waals surface area contributed by atoms with Gasteiger partial charge in [-0.1, -0.05) is 33.6 Å². The third-order valence-corrected chi connectivity index (χ3v) is 4.37. The molecule has 1 aliphatic rings. The largest absolute Gasteiger partial charge is 0.508 e. The predicted octanol–water partition coefficient (Wildman–Crippen LogP) is 4.95. The minimum Gasteiger partial charge on any atom is -0.508 e. The zero-order valence-electron chi connectivity index (χ0n) is 12.3. The smallest absolute Gasteiger partial charge is 0.133 e. The molecule has 0 saturated carbocycles. The Hall–Kier alpha value is -1.05. The molecular formula is C17H25FO. The molecule has 106 valence electrons. The molecule has 2 heteroatoms. The average molecular weight is 264 g/mol. The van der Waals surface area contributed by atoms with Crippen LogP contribution in [-0.2, 0) is 12.8 Å². The average Bonchev–Trinajstić information content (AvgIpc) is 2.52. The first-order valence-electron chi connectivity index (χ1n) is 7.57. The molecule has 1 N–H and O–H groups in total. The molecule has 0 aromatic heterocycles. The predicted molar refractivity (Wildman–Crippen MR) is 77.2 cm³/mol. The maximum Gasteiger partial charge on any atom is 0.133 e. The van der Waals surface area contributed by atoms with Crippen molar-refractivity contribution in [3.05, 3.63) is 28.6 Å². The van der Waals surface area contributed by atoms with Crippen LogP contribution in [0.1, 0.15) is 69.1 Å². The SMILES string of the molecule is CCCC1CCc2cc(O)c(C(C)C)c(F)c2CC1. The number of hydrogen-bond donors (Lipinski definition) is 1. The Bertz CT molecular complexity index is 451. The number of aromatic hydroxyl groups is 1. The van der Waals surface area contributed by atoms with Crippen LogP contribution in [0.25, 0.3) is 0 Å². The lowest BCUT2D eigenvalue weighted by Crippen LogP contribution is -2.03. The van der Waals surface area contributed by atoms with Crippen molar-refractivity contribution in [3.63, 3.8) is 0 Å². The van der Waals surface area contributed by atoms with Crippen molar-refractivity contribution in [2.75, 3.05) is 0 Å². The van der Waals surface area contributed by atoms with Gasteiger partial charge in [-0.25, -0.2) is 4.39 Å². The van der Waals surface area contributed by atoms with E-state index in [-0.39, 0.29) is 17.5 Å². The fraction of sp³-hybridized carbons (Fsp3) is 0.647. The van der Waals surface area contributed by atoms with Crippen molar-refractivity contribution < 1.29 is 9.50 Å². The molecule has 0 bridgehead atoms. The van der Waals surface area contributed by atoms with E-state index < -0.39 is 0 Å². The quantitative estimate of drug-likeness (QED) is 0.766. The third kappa shape index (κ3) is 2.93. The second-order valence-corrected chi connectivity index (χ2v) is 6.15. The highest BCUT2D eigenvalue weighted by molar-refractivity contribution is 5.45. The van der Waals surface area contributed by atoms with E-state index in [0.29, 0.717) is 11.5 Å². The summed E-state index contributed by atoms with van der Waals surface area (Å²) >= 11 is 0. The number of fused-ring (bicyclic) bond motifs is 1. The normalized spacial score (nSPS) is 19.3. The Morgan fingerprint density at radius 2 is 2.00 bits per heavy atom. The Kier molecular flexibility index (Phi) is 4.49. The highest BCUT2D eigenvalue weighted by atomic mass is 19.1. The summed E-state index contributed by atoms with van der Waals surface area (Å²) in [5, 5.41) is 10.0. The summed E-state index contributed by atoms with van der Waals surface area (Å²) in [5.41, 5.74) is 2.38. The monoisotopic (exact) mass is 264 g/mol. The highest BCUT2D eigenvalue weighted by Crippen LogP contribution is 2.36. The number of halogens is 1. The van der Waals surface area contributed by atoms with Crippen molar-refractivity contribution in [2.24, 2.45) is 5.92 Å². The molecule has 1 aromatic carbocycles. The van der Waals surface area contributed by atoms with E-state index in [9.17, 15) is 9.50 Å². The van der Waals surface area contributed by atoms with Crippen LogP contribution in [0.5, 0.6) is 5.75 Å². The van der Waals surface area contributed by atoms with Gasteiger partial charge in [-0.3, -0.25) is 0 Å². The third-order valence-electron chi connectivity index (χ3n) is 4.37. The van der Waals surface area contributed by atoms with Crippen LogP contribution in [0, 0.1) is 11.7 Å². The number of rotatable bonds is 3. The van der Waals surface area contributed by atoms with Crippen LogP contribution in [-0.4, -0.2) is 5.11 Å². The second-order valence-electron chi connectivity index (χ2n) is 6.15. The minimum atomic E-state index is -0.151. The first-order chi connectivity index (χ1) is 9.04. The lowest BCUT2D eigenvalue weighted by atomic mass is 9.93. The molecule has 0 heterocycles. The summed E-state index contributed by atoms with van der Waals surface area (Å²) in [5.74, 6) is 0.726. The van der Waals surface area contributed by atoms with E-state index in [1.54, 1.807) is 0 Å². The summed E-state index contributed by atoms with van der Waals surface area (Å²) < 4.78 is 14.6. The standard InChI is InChI=1S/C17H25FO/c1-4-5-12-6-8-13-10-15(19)16(11(2)3)17(18)14(13)9-7-12/h10-12,19H,4-9H2,1-3H3. The Labute approximate surface area is 115 Å². The Morgan fingerprint density at radius 1 is 1.32 bits per heavy atom. The molecule has 0 amide bonds. The Morgan fingerprint density at radius 3 is 2.63 bits per heavy atom. The first kappa shape index (κ1) is 14.4. The van der Waals surface area contributed by atoms with Crippen molar-refractivity contribution in [3.8, 4) is 5.75 Å². The van der Waals surface area contributed by atoms with Crippen LogP contribution in [0.4, 0.5) is 4.39 Å². The fourth-order valence-corrected chi connectivity index (χ4v) is 3.34. The van der Waals surface area contributed by atoms with E-state index in [0.717, 1.165) is 36.8 Å². The van der Waals surface area contributed by atoms with Crippen molar-refractivity contribution in [1.29, 1.82) is 0 Å². The van der Waals surface area contributed by atoms with Crippen LogP contribution < -0.4 is 0 Å². The molecule has 1 unspecified atom stereocenters. The van der Waals surface area contributed by atoms with Gasteiger partial charge >= 0.3 is 0 Å². The lowest BCUT2D eigenvalue weighted by Gasteiger charge is -2.16. The Balaban J connectivity index is 2.34. The molecular weight excluding hydrogens is 239 g/mol. The second kappa shape index (κ2) is 5.94. The molecule has 0 radical (unpaired) electrons.